The van der Waals surface area contributed by atoms with Crippen LogP contribution in [0.4, 0.5) is 5.69 Å². The van der Waals surface area contributed by atoms with E-state index in [-0.39, 0.29) is 11.9 Å². The van der Waals surface area contributed by atoms with E-state index in [0.29, 0.717) is 18.7 Å². The fourth-order valence-electron chi connectivity index (χ4n) is 4.47. The summed E-state index contributed by atoms with van der Waals surface area (Å²) in [6.07, 6.45) is 3.74. The van der Waals surface area contributed by atoms with Crippen LogP contribution in [0.1, 0.15) is 32.6 Å². The van der Waals surface area contributed by atoms with Crippen molar-refractivity contribution >= 4 is 11.7 Å². The summed E-state index contributed by atoms with van der Waals surface area (Å²) in [5.41, 5.74) is 1.03. The van der Waals surface area contributed by atoms with E-state index in [1.807, 2.05) is 18.2 Å². The molecule has 2 aliphatic heterocycles. The fourth-order valence-corrected chi connectivity index (χ4v) is 4.47. The van der Waals surface area contributed by atoms with Gasteiger partial charge in [0.1, 0.15) is 17.4 Å². The van der Waals surface area contributed by atoms with Gasteiger partial charge in [-0.15, -0.1) is 0 Å². The van der Waals surface area contributed by atoms with Crippen LogP contribution in [0.3, 0.4) is 0 Å². The van der Waals surface area contributed by atoms with Gasteiger partial charge in [0.15, 0.2) is 0 Å². The first-order valence-corrected chi connectivity index (χ1v) is 9.19. The van der Waals surface area contributed by atoms with Crippen molar-refractivity contribution in [3.05, 3.63) is 18.2 Å². The van der Waals surface area contributed by atoms with Crippen LogP contribution in [0.5, 0.6) is 11.5 Å². The number of nitrogens with zero attached hydrogens (tertiary/aromatic N) is 2. The molecule has 2 heterocycles. The third kappa shape index (κ3) is 3.31. The van der Waals surface area contributed by atoms with Gasteiger partial charge in [-0.2, -0.15) is 5.26 Å². The minimum atomic E-state index is -0.674. The van der Waals surface area contributed by atoms with Crippen molar-refractivity contribution in [2.45, 2.75) is 44.7 Å². The highest BCUT2D eigenvalue weighted by molar-refractivity contribution is 5.75. The van der Waals surface area contributed by atoms with Crippen molar-refractivity contribution in [2.75, 3.05) is 25.7 Å². The number of anilines is 1. The maximum absolute atomic E-state index is 12.1. The number of hydrogen-bond donors (Lipinski definition) is 0. The van der Waals surface area contributed by atoms with Crippen LogP contribution in [-0.2, 0) is 9.53 Å². The molecule has 2 fully saturated rings. The Labute approximate surface area is 154 Å². The van der Waals surface area contributed by atoms with Crippen molar-refractivity contribution in [2.24, 2.45) is 11.8 Å². The summed E-state index contributed by atoms with van der Waals surface area (Å²) in [6.45, 7) is 2.08. The summed E-state index contributed by atoms with van der Waals surface area (Å²) in [4.78, 5) is 14.5. The van der Waals surface area contributed by atoms with E-state index >= 15 is 0 Å². The molecule has 6 nitrogen and oxygen atoms in total. The quantitative estimate of drug-likeness (QED) is 0.728. The molecule has 3 unspecified atom stereocenters. The molecule has 1 aromatic carbocycles. The van der Waals surface area contributed by atoms with Gasteiger partial charge >= 0.3 is 5.97 Å². The van der Waals surface area contributed by atoms with Crippen molar-refractivity contribution in [3.8, 4) is 17.6 Å². The summed E-state index contributed by atoms with van der Waals surface area (Å²) in [5.74, 6) is 0.607. The average molecular weight is 358 g/mol. The van der Waals surface area contributed by atoms with Crippen LogP contribution < -0.4 is 14.4 Å². The molecule has 2 bridgehead atoms. The second-order valence-corrected chi connectivity index (χ2v) is 6.92. The highest BCUT2D eigenvalue weighted by atomic mass is 16.5. The predicted molar refractivity (Wildman–Crippen MR) is 97.3 cm³/mol. The molecule has 3 rings (SSSR count). The highest BCUT2D eigenvalue weighted by Crippen LogP contribution is 2.47. The van der Waals surface area contributed by atoms with Gasteiger partial charge in [-0.05, 0) is 50.7 Å². The molecule has 26 heavy (non-hydrogen) atoms. The second-order valence-electron chi connectivity index (χ2n) is 6.92. The number of nitriles is 1. The summed E-state index contributed by atoms with van der Waals surface area (Å²) in [7, 11) is 3.33. The zero-order valence-electron chi connectivity index (χ0n) is 15.6. The Balaban J connectivity index is 1.83. The minimum Gasteiger partial charge on any atom is -0.497 e. The Morgan fingerprint density at radius 2 is 1.96 bits per heavy atom. The number of ether oxygens (including phenoxy) is 3. The lowest BCUT2D eigenvalue weighted by Crippen LogP contribution is -2.45. The number of carbonyl (C=O) groups excluding carboxylic acids is 1. The van der Waals surface area contributed by atoms with Crippen molar-refractivity contribution in [1.29, 1.82) is 5.26 Å². The van der Waals surface area contributed by atoms with Gasteiger partial charge in [0.05, 0.1) is 32.6 Å². The molecule has 0 aliphatic carbocycles. The molecule has 2 aliphatic rings. The number of benzene rings is 1. The van der Waals surface area contributed by atoms with Gasteiger partial charge in [-0.25, -0.2) is 0 Å². The molecule has 0 saturated carbocycles. The summed E-state index contributed by atoms with van der Waals surface area (Å²) < 4.78 is 16.1. The Morgan fingerprint density at radius 3 is 2.50 bits per heavy atom. The molecular weight excluding hydrogens is 332 g/mol. The van der Waals surface area contributed by atoms with Gasteiger partial charge in [-0.3, -0.25) is 4.79 Å². The van der Waals surface area contributed by atoms with Crippen molar-refractivity contribution in [1.82, 2.24) is 0 Å². The molecule has 0 aromatic heterocycles. The number of esters is 1. The zero-order valence-corrected chi connectivity index (χ0v) is 15.6. The lowest BCUT2D eigenvalue weighted by atomic mass is 9.81. The molecule has 0 spiro atoms. The van der Waals surface area contributed by atoms with Gasteiger partial charge in [0.2, 0.25) is 0 Å². The maximum Gasteiger partial charge on any atom is 0.323 e. The first-order chi connectivity index (χ1) is 12.6. The SMILES string of the molecule is CCOC(=O)C(C#N)C1CC2CCC(C1)N2c1cc(OC)ccc1OC. The fraction of sp³-hybridized carbons (Fsp3) is 0.600. The lowest BCUT2D eigenvalue weighted by Gasteiger charge is -2.41. The average Bonchev–Trinajstić information content (AvgIpc) is 2.91. The van der Waals surface area contributed by atoms with Gasteiger partial charge in [0.25, 0.3) is 0 Å². The topological polar surface area (TPSA) is 71.8 Å². The monoisotopic (exact) mass is 358 g/mol. The molecule has 2 saturated heterocycles. The van der Waals surface area contributed by atoms with Crippen LogP contribution in [0.15, 0.2) is 18.2 Å². The Bertz CT molecular complexity index is 686. The van der Waals surface area contributed by atoms with E-state index in [1.54, 1.807) is 21.1 Å². The molecular formula is C20H26N2O4. The van der Waals surface area contributed by atoms with E-state index in [9.17, 15) is 10.1 Å². The molecule has 0 radical (unpaired) electrons. The van der Waals surface area contributed by atoms with Crippen LogP contribution in [0.2, 0.25) is 0 Å². The highest BCUT2D eigenvalue weighted by Gasteiger charge is 2.45. The zero-order chi connectivity index (χ0) is 18.7. The maximum atomic E-state index is 12.1. The van der Waals surface area contributed by atoms with Crippen molar-refractivity contribution in [3.63, 3.8) is 0 Å². The molecule has 0 amide bonds. The van der Waals surface area contributed by atoms with E-state index in [1.165, 1.54) is 0 Å². The van der Waals surface area contributed by atoms with Crippen LogP contribution in [0, 0.1) is 23.2 Å². The number of hydrogen-bond acceptors (Lipinski definition) is 6. The third-order valence-corrected chi connectivity index (χ3v) is 5.58. The summed E-state index contributed by atoms with van der Waals surface area (Å²) in [6, 6.07) is 8.61. The van der Waals surface area contributed by atoms with Gasteiger partial charge < -0.3 is 19.1 Å². The Kier molecular flexibility index (Phi) is 5.55. The number of rotatable bonds is 6. The number of piperidine rings is 1. The molecule has 3 atom stereocenters. The Morgan fingerprint density at radius 1 is 1.27 bits per heavy atom. The van der Waals surface area contributed by atoms with Crippen LogP contribution in [-0.4, -0.2) is 38.9 Å². The summed E-state index contributed by atoms with van der Waals surface area (Å²) in [5, 5.41) is 9.50. The number of fused-ring (bicyclic) bond motifs is 2. The third-order valence-electron chi connectivity index (χ3n) is 5.58. The largest absolute Gasteiger partial charge is 0.497 e. The molecule has 0 N–H and O–H groups in total. The number of carbonyl (C=O) groups is 1. The molecule has 6 heteroatoms. The lowest BCUT2D eigenvalue weighted by molar-refractivity contribution is -0.148. The van der Waals surface area contributed by atoms with Gasteiger partial charge in [-0.1, -0.05) is 0 Å². The smallest absolute Gasteiger partial charge is 0.323 e. The van der Waals surface area contributed by atoms with Crippen molar-refractivity contribution < 1.29 is 19.0 Å². The second kappa shape index (κ2) is 7.86. The minimum absolute atomic E-state index is 0.0457. The van der Waals surface area contributed by atoms with Crippen LogP contribution in [0.25, 0.3) is 0 Å². The molecule has 140 valence electrons. The first-order valence-electron chi connectivity index (χ1n) is 9.19. The van der Waals surface area contributed by atoms with Crippen LogP contribution >= 0.6 is 0 Å². The molecule has 1 aromatic rings. The van der Waals surface area contributed by atoms with E-state index in [4.69, 9.17) is 14.2 Å². The standard InChI is InChI=1S/C20H26N2O4/c1-4-26-20(23)17(12-21)13-9-14-5-6-15(10-13)22(14)18-11-16(24-2)7-8-19(18)25-3/h7-8,11,13-15,17H,4-6,9-10H2,1-3H3. The van der Waals surface area contributed by atoms with Gasteiger partial charge in [0, 0.05) is 18.2 Å². The van der Waals surface area contributed by atoms with E-state index in [2.05, 4.69) is 11.0 Å². The predicted octanol–water partition coefficient (Wildman–Crippen LogP) is 3.15. The Hall–Kier alpha value is -2.42. The normalized spacial score (nSPS) is 25.3. The summed E-state index contributed by atoms with van der Waals surface area (Å²) >= 11 is 0. The van der Waals surface area contributed by atoms with E-state index < -0.39 is 5.92 Å². The first kappa shape index (κ1) is 18.4. The van der Waals surface area contributed by atoms with E-state index in [0.717, 1.165) is 42.9 Å². The number of methoxy groups -OCH3 is 2.